The number of carbonyl (C=O) groups excluding carboxylic acids is 1. The van der Waals surface area contributed by atoms with E-state index in [1.165, 1.54) is 12.4 Å². The van der Waals surface area contributed by atoms with Crippen molar-refractivity contribution < 1.29 is 13.9 Å². The largest absolute Gasteiger partial charge is 0.378 e. The number of aromatic nitrogens is 3. The summed E-state index contributed by atoms with van der Waals surface area (Å²) in [6.07, 6.45) is 1.53. The van der Waals surface area contributed by atoms with Crippen LogP contribution in [0, 0.1) is 5.82 Å². The maximum absolute atomic E-state index is 14.4. The van der Waals surface area contributed by atoms with Crippen molar-refractivity contribution >= 4 is 22.8 Å². The van der Waals surface area contributed by atoms with Crippen LogP contribution in [0.15, 0.2) is 36.7 Å². The quantitative estimate of drug-likeness (QED) is 0.746. The Morgan fingerprint density at radius 1 is 1.27 bits per heavy atom. The second-order valence-corrected chi connectivity index (χ2v) is 6.04. The van der Waals surface area contributed by atoms with Crippen LogP contribution < -0.4 is 10.2 Å². The smallest absolute Gasteiger partial charge is 0.270 e. The molecule has 8 heteroatoms. The average molecular weight is 355 g/mol. The van der Waals surface area contributed by atoms with E-state index in [4.69, 9.17) is 4.74 Å². The Hall–Kier alpha value is -3.00. The number of carbonyl (C=O) groups is 1. The number of H-pyrrole nitrogens is 1. The Bertz CT molecular complexity index is 936. The van der Waals surface area contributed by atoms with Crippen LogP contribution in [-0.2, 0) is 11.3 Å². The van der Waals surface area contributed by atoms with E-state index >= 15 is 0 Å². The topological polar surface area (TPSA) is 83.1 Å². The Morgan fingerprint density at radius 3 is 2.92 bits per heavy atom. The second-order valence-electron chi connectivity index (χ2n) is 6.04. The van der Waals surface area contributed by atoms with Gasteiger partial charge in [0.05, 0.1) is 30.7 Å². The lowest BCUT2D eigenvalue weighted by Gasteiger charge is -2.29. The van der Waals surface area contributed by atoms with Gasteiger partial charge in [-0.25, -0.2) is 14.4 Å². The monoisotopic (exact) mass is 355 g/mol. The summed E-state index contributed by atoms with van der Waals surface area (Å²) in [6.45, 7) is 2.78. The zero-order chi connectivity index (χ0) is 17.9. The summed E-state index contributed by atoms with van der Waals surface area (Å²) < 4.78 is 19.7. The van der Waals surface area contributed by atoms with Gasteiger partial charge in [0.1, 0.15) is 11.5 Å². The fourth-order valence-corrected chi connectivity index (χ4v) is 2.94. The van der Waals surface area contributed by atoms with Crippen LogP contribution in [0.5, 0.6) is 0 Å². The number of nitrogens with zero attached hydrogens (tertiary/aromatic N) is 3. The van der Waals surface area contributed by atoms with E-state index in [1.54, 1.807) is 18.2 Å². The van der Waals surface area contributed by atoms with Crippen molar-refractivity contribution in [3.05, 3.63) is 53.7 Å². The fourth-order valence-electron chi connectivity index (χ4n) is 2.94. The number of nitrogens with one attached hydrogen (secondary N) is 2. The third-order valence-corrected chi connectivity index (χ3v) is 4.33. The summed E-state index contributed by atoms with van der Waals surface area (Å²) in [4.78, 5) is 25.4. The van der Waals surface area contributed by atoms with E-state index in [2.05, 4.69) is 20.3 Å². The molecule has 0 unspecified atom stereocenters. The molecular weight excluding hydrogens is 337 g/mol. The van der Waals surface area contributed by atoms with Gasteiger partial charge in [-0.1, -0.05) is 6.07 Å². The van der Waals surface area contributed by atoms with Gasteiger partial charge in [0.15, 0.2) is 5.65 Å². The normalized spacial score (nSPS) is 14.6. The molecule has 3 heterocycles. The van der Waals surface area contributed by atoms with Gasteiger partial charge < -0.3 is 19.9 Å². The second kappa shape index (κ2) is 7.09. The number of aromatic amines is 1. The number of hydrogen-bond donors (Lipinski definition) is 2. The highest BCUT2D eigenvalue weighted by atomic mass is 19.1. The maximum atomic E-state index is 14.4. The first-order chi connectivity index (χ1) is 12.7. The third-order valence-electron chi connectivity index (χ3n) is 4.33. The maximum Gasteiger partial charge on any atom is 0.270 e. The molecule has 3 aromatic rings. The molecule has 2 N–H and O–H groups in total. The van der Waals surface area contributed by atoms with E-state index in [0.29, 0.717) is 43.2 Å². The van der Waals surface area contributed by atoms with E-state index in [-0.39, 0.29) is 24.0 Å². The molecule has 1 fully saturated rings. The summed E-state index contributed by atoms with van der Waals surface area (Å²) in [6, 6.07) is 8.39. The Balaban J connectivity index is 1.42. The van der Waals surface area contributed by atoms with Crippen LogP contribution in [0.3, 0.4) is 0 Å². The molecule has 134 valence electrons. The summed E-state index contributed by atoms with van der Waals surface area (Å²) in [5, 5.41) is 2.76. The van der Waals surface area contributed by atoms with Crippen molar-refractivity contribution in [2.75, 3.05) is 31.2 Å². The Kier molecular flexibility index (Phi) is 4.49. The molecular formula is C18H18FN5O2. The molecule has 0 radical (unpaired) electrons. The van der Waals surface area contributed by atoms with E-state index in [1.807, 2.05) is 11.0 Å². The van der Waals surface area contributed by atoms with Crippen molar-refractivity contribution in [3.8, 4) is 0 Å². The van der Waals surface area contributed by atoms with Crippen LogP contribution in [0.1, 0.15) is 16.1 Å². The Labute approximate surface area is 149 Å². The fraction of sp³-hybridized carbons (Fsp3) is 0.278. The van der Waals surface area contributed by atoms with Crippen molar-refractivity contribution in [3.63, 3.8) is 0 Å². The van der Waals surface area contributed by atoms with Gasteiger partial charge >= 0.3 is 0 Å². The molecule has 0 saturated carbocycles. The minimum atomic E-state index is -0.326. The lowest BCUT2D eigenvalue weighted by atomic mass is 10.1. The van der Waals surface area contributed by atoms with Crippen molar-refractivity contribution in [1.29, 1.82) is 0 Å². The summed E-state index contributed by atoms with van der Waals surface area (Å²) in [7, 11) is 0. The molecule has 0 atom stereocenters. The predicted octanol–water partition coefficient (Wildman–Crippen LogP) is 1.86. The molecule has 1 aliphatic rings. The van der Waals surface area contributed by atoms with Gasteiger partial charge in [-0.3, -0.25) is 4.79 Å². The molecule has 1 aliphatic heterocycles. The number of ether oxygens (including phenoxy) is 1. The molecule has 1 aromatic carbocycles. The van der Waals surface area contributed by atoms with Gasteiger partial charge in [0.2, 0.25) is 0 Å². The van der Waals surface area contributed by atoms with Crippen LogP contribution in [-0.4, -0.2) is 47.2 Å². The number of morpholine rings is 1. The van der Waals surface area contributed by atoms with Gasteiger partial charge in [-0.05, 0) is 29.8 Å². The van der Waals surface area contributed by atoms with Crippen LogP contribution >= 0.6 is 0 Å². The molecule has 0 spiro atoms. The molecule has 0 aliphatic carbocycles. The zero-order valence-corrected chi connectivity index (χ0v) is 14.0. The number of benzene rings is 1. The molecule has 1 amide bonds. The van der Waals surface area contributed by atoms with Gasteiger partial charge in [0.25, 0.3) is 5.91 Å². The summed E-state index contributed by atoms with van der Waals surface area (Å²) in [5.74, 6) is -0.623. The number of pyridine rings is 1. The average Bonchev–Trinajstić information content (AvgIpc) is 3.14. The summed E-state index contributed by atoms with van der Waals surface area (Å²) >= 11 is 0. The summed E-state index contributed by atoms with van der Waals surface area (Å²) in [5.41, 5.74) is 2.78. The molecule has 1 saturated heterocycles. The number of amides is 1. The van der Waals surface area contributed by atoms with E-state index < -0.39 is 0 Å². The number of halogens is 1. The molecule has 26 heavy (non-hydrogen) atoms. The molecule has 4 rings (SSSR count). The predicted molar refractivity (Wildman–Crippen MR) is 94.5 cm³/mol. The van der Waals surface area contributed by atoms with Crippen LogP contribution in [0.4, 0.5) is 10.1 Å². The minimum Gasteiger partial charge on any atom is -0.378 e. The lowest BCUT2D eigenvalue weighted by Crippen LogP contribution is -2.36. The van der Waals surface area contributed by atoms with Crippen molar-refractivity contribution in [2.45, 2.75) is 6.54 Å². The van der Waals surface area contributed by atoms with Crippen molar-refractivity contribution in [2.24, 2.45) is 0 Å². The first-order valence-electron chi connectivity index (χ1n) is 8.40. The zero-order valence-electron chi connectivity index (χ0n) is 14.0. The first-order valence-corrected chi connectivity index (χ1v) is 8.40. The SMILES string of the molecule is O=C(NCc1ccc(N2CCOCC2)c(F)c1)c1ccc2[nH]cnc2n1. The molecule has 0 bridgehead atoms. The number of rotatable bonds is 4. The first kappa shape index (κ1) is 16.5. The highest BCUT2D eigenvalue weighted by Gasteiger charge is 2.16. The van der Waals surface area contributed by atoms with E-state index in [0.717, 1.165) is 5.52 Å². The van der Waals surface area contributed by atoms with Crippen molar-refractivity contribution in [1.82, 2.24) is 20.3 Å². The number of hydrogen-bond acceptors (Lipinski definition) is 5. The van der Waals surface area contributed by atoms with Crippen LogP contribution in [0.25, 0.3) is 11.2 Å². The van der Waals surface area contributed by atoms with Gasteiger partial charge in [0, 0.05) is 19.6 Å². The highest BCUT2D eigenvalue weighted by Crippen LogP contribution is 2.21. The van der Waals surface area contributed by atoms with E-state index in [9.17, 15) is 9.18 Å². The molecule has 2 aromatic heterocycles. The van der Waals surface area contributed by atoms with Gasteiger partial charge in [-0.2, -0.15) is 0 Å². The molecule has 7 nitrogen and oxygen atoms in total. The highest BCUT2D eigenvalue weighted by molar-refractivity contribution is 5.93. The Morgan fingerprint density at radius 2 is 2.12 bits per heavy atom. The third kappa shape index (κ3) is 3.36. The lowest BCUT2D eigenvalue weighted by molar-refractivity contribution is 0.0946. The number of anilines is 1. The minimum absolute atomic E-state index is 0.222. The van der Waals surface area contributed by atoms with Crippen LogP contribution in [0.2, 0.25) is 0 Å². The number of fused-ring (bicyclic) bond motifs is 1. The standard InChI is InChI=1S/C18H18FN5O2/c19-13-9-12(1-4-16(13)24-5-7-26-8-6-24)10-20-18(25)15-3-2-14-17(23-15)22-11-21-14/h1-4,9,11H,5-8,10H2,(H,20,25)(H,21,22,23). The number of imidazole rings is 1. The van der Waals surface area contributed by atoms with Gasteiger partial charge in [-0.15, -0.1) is 0 Å².